The van der Waals surface area contributed by atoms with Gasteiger partial charge in [0.25, 0.3) is 5.91 Å². The maximum absolute atomic E-state index is 12.6. The summed E-state index contributed by atoms with van der Waals surface area (Å²) in [4.78, 5) is 26.1. The van der Waals surface area contributed by atoms with Crippen molar-refractivity contribution in [1.29, 1.82) is 0 Å². The van der Waals surface area contributed by atoms with E-state index in [-0.39, 0.29) is 16.4 Å². The van der Waals surface area contributed by atoms with Crippen molar-refractivity contribution in [2.24, 2.45) is 5.14 Å². The van der Waals surface area contributed by atoms with E-state index in [0.717, 1.165) is 12.1 Å². The summed E-state index contributed by atoms with van der Waals surface area (Å²) >= 11 is 0. The van der Waals surface area contributed by atoms with Gasteiger partial charge in [-0.1, -0.05) is 6.07 Å². The lowest BCUT2D eigenvalue weighted by Gasteiger charge is -2.17. The molecule has 1 aliphatic rings. The quantitative estimate of drug-likeness (QED) is 0.839. The van der Waals surface area contributed by atoms with Crippen molar-refractivity contribution in [3.8, 4) is 0 Å². The molecule has 2 aromatic carbocycles. The number of hydrogen-bond donors (Lipinski definition) is 2. The van der Waals surface area contributed by atoms with Crippen LogP contribution in [0.5, 0.6) is 0 Å². The van der Waals surface area contributed by atoms with E-state index in [9.17, 15) is 18.0 Å². The van der Waals surface area contributed by atoms with E-state index in [4.69, 9.17) is 5.14 Å². The summed E-state index contributed by atoms with van der Waals surface area (Å²) in [6.07, 6.45) is 1.34. The second-order valence-corrected chi connectivity index (χ2v) is 8.14. The Hall–Kier alpha value is -2.71. The Morgan fingerprint density at radius 1 is 1.19 bits per heavy atom. The van der Waals surface area contributed by atoms with Crippen LogP contribution in [0.15, 0.2) is 41.3 Å². The molecule has 0 aliphatic carbocycles. The number of rotatable bonds is 4. The van der Waals surface area contributed by atoms with Gasteiger partial charge in [-0.25, -0.2) is 13.6 Å². The summed E-state index contributed by atoms with van der Waals surface area (Å²) in [5, 5.41) is 8.00. The molecule has 142 valence electrons. The molecule has 0 radical (unpaired) electrons. The maximum Gasteiger partial charge on any atom is 0.255 e. The normalized spacial score (nSPS) is 14.5. The zero-order chi connectivity index (χ0) is 19.8. The van der Waals surface area contributed by atoms with E-state index >= 15 is 0 Å². The molecular formula is C19H21N3O4S. The van der Waals surface area contributed by atoms with Crippen molar-refractivity contribution in [3.05, 3.63) is 53.1 Å². The van der Waals surface area contributed by atoms with Gasteiger partial charge in [0.2, 0.25) is 15.9 Å². The van der Waals surface area contributed by atoms with Gasteiger partial charge in [-0.05, 0) is 61.7 Å². The third-order valence-corrected chi connectivity index (χ3v) is 5.71. The number of nitrogens with two attached hydrogens (primary N) is 1. The number of carbonyl (C=O) groups is 2. The molecule has 0 saturated carbocycles. The largest absolute Gasteiger partial charge is 0.322 e. The number of primary sulfonamides is 1. The fourth-order valence-electron chi connectivity index (χ4n) is 3.13. The fourth-order valence-corrected chi connectivity index (χ4v) is 4.01. The average Bonchev–Trinajstić information content (AvgIpc) is 3.02. The molecule has 8 heteroatoms. The summed E-state index contributed by atoms with van der Waals surface area (Å²) in [7, 11) is -3.93. The van der Waals surface area contributed by atoms with Crippen LogP contribution in [-0.2, 0) is 14.8 Å². The number of carbonyl (C=O) groups excluding carboxylic acids is 2. The molecule has 1 fully saturated rings. The SMILES string of the molecule is Cc1cc(C(=O)Nc2cccc(N3CCCC3=O)c2)cc(S(N)(=O)=O)c1C. The van der Waals surface area contributed by atoms with E-state index in [0.29, 0.717) is 29.8 Å². The first-order chi connectivity index (χ1) is 12.7. The highest BCUT2D eigenvalue weighted by atomic mass is 32.2. The molecule has 1 aliphatic heterocycles. The van der Waals surface area contributed by atoms with E-state index < -0.39 is 15.9 Å². The van der Waals surface area contributed by atoms with Crippen LogP contribution >= 0.6 is 0 Å². The standard InChI is InChI=1S/C19H21N3O4S/c1-12-9-14(10-17(13(12)2)27(20,25)26)19(24)21-15-5-3-6-16(11-15)22-8-4-7-18(22)23/h3,5-6,9-11H,4,7-8H2,1-2H3,(H,21,24)(H2,20,25,26). The lowest BCUT2D eigenvalue weighted by molar-refractivity contribution is -0.117. The van der Waals surface area contributed by atoms with Crippen molar-refractivity contribution in [3.63, 3.8) is 0 Å². The van der Waals surface area contributed by atoms with Crippen LogP contribution < -0.4 is 15.4 Å². The van der Waals surface area contributed by atoms with Crippen molar-refractivity contribution in [1.82, 2.24) is 0 Å². The van der Waals surface area contributed by atoms with Gasteiger partial charge in [-0.15, -0.1) is 0 Å². The zero-order valence-corrected chi connectivity index (χ0v) is 16.0. The summed E-state index contributed by atoms with van der Waals surface area (Å²) < 4.78 is 23.5. The minimum atomic E-state index is -3.93. The molecule has 0 spiro atoms. The van der Waals surface area contributed by atoms with E-state index in [1.54, 1.807) is 43.0 Å². The molecule has 1 heterocycles. The summed E-state index contributed by atoms with van der Waals surface area (Å²) in [5.74, 6) is -0.390. The van der Waals surface area contributed by atoms with Crippen LogP contribution in [0.2, 0.25) is 0 Å². The molecule has 1 saturated heterocycles. The van der Waals surface area contributed by atoms with Gasteiger partial charge in [0.1, 0.15) is 0 Å². The monoisotopic (exact) mass is 387 g/mol. The van der Waals surface area contributed by atoms with Crippen molar-refractivity contribution < 1.29 is 18.0 Å². The predicted molar refractivity (Wildman–Crippen MR) is 103 cm³/mol. The number of amides is 2. The van der Waals surface area contributed by atoms with Gasteiger partial charge in [0.15, 0.2) is 0 Å². The highest BCUT2D eigenvalue weighted by Crippen LogP contribution is 2.25. The Morgan fingerprint density at radius 3 is 2.56 bits per heavy atom. The van der Waals surface area contributed by atoms with Crippen LogP contribution in [0.3, 0.4) is 0 Å². The second-order valence-electron chi connectivity index (χ2n) is 6.61. The van der Waals surface area contributed by atoms with Crippen molar-refractivity contribution in [2.45, 2.75) is 31.6 Å². The number of benzene rings is 2. The highest BCUT2D eigenvalue weighted by Gasteiger charge is 2.22. The Morgan fingerprint density at radius 2 is 1.93 bits per heavy atom. The minimum Gasteiger partial charge on any atom is -0.322 e. The lowest BCUT2D eigenvalue weighted by atomic mass is 10.1. The van der Waals surface area contributed by atoms with E-state index in [2.05, 4.69) is 5.32 Å². The third-order valence-electron chi connectivity index (χ3n) is 4.68. The predicted octanol–water partition coefficient (Wildman–Crippen LogP) is 2.33. The average molecular weight is 387 g/mol. The van der Waals surface area contributed by atoms with Gasteiger partial charge in [-0.2, -0.15) is 0 Å². The van der Waals surface area contributed by atoms with E-state index in [1.165, 1.54) is 6.07 Å². The maximum atomic E-state index is 12.6. The van der Waals surface area contributed by atoms with Crippen LogP contribution in [0.25, 0.3) is 0 Å². The molecule has 0 aromatic heterocycles. The van der Waals surface area contributed by atoms with Gasteiger partial charge >= 0.3 is 0 Å². The first-order valence-corrected chi connectivity index (χ1v) is 10.1. The molecule has 2 amide bonds. The number of hydrogen-bond acceptors (Lipinski definition) is 4. The topological polar surface area (TPSA) is 110 Å². The number of nitrogens with one attached hydrogen (secondary N) is 1. The first kappa shape index (κ1) is 19.1. The first-order valence-electron chi connectivity index (χ1n) is 8.52. The Kier molecular flexibility index (Phi) is 5.03. The van der Waals surface area contributed by atoms with Crippen LogP contribution in [0.1, 0.15) is 34.3 Å². The molecule has 27 heavy (non-hydrogen) atoms. The lowest BCUT2D eigenvalue weighted by Crippen LogP contribution is -2.23. The summed E-state index contributed by atoms with van der Waals surface area (Å²) in [5.41, 5.74) is 2.62. The molecule has 0 unspecified atom stereocenters. The van der Waals surface area contributed by atoms with Gasteiger partial charge < -0.3 is 10.2 Å². The van der Waals surface area contributed by atoms with Crippen LogP contribution in [0, 0.1) is 13.8 Å². The molecule has 7 nitrogen and oxygen atoms in total. The smallest absolute Gasteiger partial charge is 0.255 e. The molecular weight excluding hydrogens is 366 g/mol. The van der Waals surface area contributed by atoms with Crippen LogP contribution in [0.4, 0.5) is 11.4 Å². The number of sulfonamides is 1. The minimum absolute atomic E-state index is 0.0606. The second kappa shape index (κ2) is 7.13. The third kappa shape index (κ3) is 4.01. The van der Waals surface area contributed by atoms with Crippen LogP contribution in [-0.4, -0.2) is 26.8 Å². The van der Waals surface area contributed by atoms with Gasteiger partial charge in [0, 0.05) is 29.9 Å². The Labute approximate surface area is 158 Å². The van der Waals surface area contributed by atoms with Gasteiger partial charge in [-0.3, -0.25) is 9.59 Å². The zero-order valence-electron chi connectivity index (χ0n) is 15.2. The Bertz CT molecular complexity index is 1030. The number of anilines is 2. The van der Waals surface area contributed by atoms with Gasteiger partial charge in [0.05, 0.1) is 4.90 Å². The van der Waals surface area contributed by atoms with Crippen molar-refractivity contribution in [2.75, 3.05) is 16.8 Å². The fraction of sp³-hybridized carbons (Fsp3) is 0.263. The molecule has 3 N–H and O–H groups in total. The Balaban J connectivity index is 1.88. The molecule has 0 atom stereocenters. The summed E-state index contributed by atoms with van der Waals surface area (Å²) in [6, 6.07) is 9.90. The number of nitrogens with zero attached hydrogens (tertiary/aromatic N) is 1. The van der Waals surface area contributed by atoms with Crippen molar-refractivity contribution >= 4 is 33.2 Å². The summed E-state index contributed by atoms with van der Waals surface area (Å²) in [6.45, 7) is 4.03. The number of aryl methyl sites for hydroxylation is 1. The van der Waals surface area contributed by atoms with E-state index in [1.807, 2.05) is 6.07 Å². The molecule has 2 aromatic rings. The highest BCUT2D eigenvalue weighted by molar-refractivity contribution is 7.89. The molecule has 3 rings (SSSR count). The molecule has 0 bridgehead atoms.